The maximum absolute atomic E-state index is 15.2. The molecule has 0 amide bonds. The normalized spacial score (nSPS) is 18.8. The predicted molar refractivity (Wildman–Crippen MR) is 182 cm³/mol. The summed E-state index contributed by atoms with van der Waals surface area (Å²) in [5.74, 6) is -0.0145. The zero-order valence-corrected chi connectivity index (χ0v) is 26.8. The van der Waals surface area contributed by atoms with Gasteiger partial charge in [0.05, 0.1) is 29.0 Å². The Labute approximate surface area is 268 Å². The maximum Gasteiger partial charge on any atom is 0.354 e. The quantitative estimate of drug-likeness (QED) is 0.102. The van der Waals surface area contributed by atoms with Crippen molar-refractivity contribution >= 4 is 28.5 Å². The van der Waals surface area contributed by atoms with Crippen molar-refractivity contribution in [1.82, 2.24) is 19.9 Å². The SMILES string of the molecule is CC[C@H](C[C@@H]1CCC[C@@H](c2ccc(-n3cc4cc(-c5cc(CCC[C@H](C)N)cc(Cl)c5F)[nH]c4nc3=O)cc2)N1)N=C(N)CN. The third-order valence-electron chi connectivity index (χ3n) is 8.65. The van der Waals surface area contributed by atoms with Crippen LogP contribution in [0, 0.1) is 5.82 Å². The van der Waals surface area contributed by atoms with Gasteiger partial charge in [-0.2, -0.15) is 4.98 Å². The van der Waals surface area contributed by atoms with Crippen LogP contribution in [0.3, 0.4) is 0 Å². The lowest BCUT2D eigenvalue weighted by Crippen LogP contribution is -2.39. The van der Waals surface area contributed by atoms with Crippen molar-refractivity contribution in [3.05, 3.63) is 81.1 Å². The molecule has 0 radical (unpaired) electrons. The van der Waals surface area contributed by atoms with Gasteiger partial charge in [-0.05, 0) is 93.3 Å². The van der Waals surface area contributed by atoms with Crippen LogP contribution >= 0.6 is 11.6 Å². The standard InChI is InChI=1S/C34H44ClFN8O/c1-3-24(41-31(39)18-37)17-25-8-5-9-29(40-25)22-10-12-26(13-11-22)44-19-23-16-30(42-33(23)43-34(44)45)27-14-21(7-4-6-20(2)38)15-28(35)32(27)36/h10-16,19-20,24-25,29,40H,3-9,17-18,37-38H2,1-2H3,(H2,39,41)(H,42,43,45)/t20-,24+,25-,29-/m0/s1. The van der Waals surface area contributed by atoms with E-state index in [2.05, 4.69) is 39.3 Å². The van der Waals surface area contributed by atoms with E-state index >= 15 is 4.39 Å². The molecule has 1 aliphatic heterocycles. The number of aromatic amines is 1. The molecule has 4 atom stereocenters. The van der Waals surface area contributed by atoms with Gasteiger partial charge in [-0.1, -0.05) is 37.1 Å². The van der Waals surface area contributed by atoms with Gasteiger partial charge in [0, 0.05) is 35.3 Å². The minimum atomic E-state index is -0.513. The van der Waals surface area contributed by atoms with Gasteiger partial charge in [0.1, 0.15) is 11.5 Å². The van der Waals surface area contributed by atoms with Crippen molar-refractivity contribution in [2.24, 2.45) is 22.2 Å². The number of aromatic nitrogens is 3. The molecule has 0 saturated carbocycles. The summed E-state index contributed by atoms with van der Waals surface area (Å²) in [6.45, 7) is 4.37. The first-order chi connectivity index (χ1) is 21.6. The van der Waals surface area contributed by atoms with Gasteiger partial charge in [0.15, 0.2) is 5.82 Å². The molecule has 1 saturated heterocycles. The second kappa shape index (κ2) is 14.7. The van der Waals surface area contributed by atoms with E-state index in [1.165, 1.54) is 10.1 Å². The molecule has 9 nitrogen and oxygen atoms in total. The summed E-state index contributed by atoms with van der Waals surface area (Å²) in [4.78, 5) is 25.0. The summed E-state index contributed by atoms with van der Waals surface area (Å²) in [6, 6.07) is 14.1. The average molecular weight is 635 g/mol. The molecule has 0 bridgehead atoms. The molecule has 5 rings (SSSR count). The number of nitrogens with two attached hydrogens (primary N) is 3. The van der Waals surface area contributed by atoms with Gasteiger partial charge >= 0.3 is 5.69 Å². The highest BCUT2D eigenvalue weighted by atomic mass is 35.5. The lowest BCUT2D eigenvalue weighted by Gasteiger charge is -2.33. The molecule has 45 heavy (non-hydrogen) atoms. The van der Waals surface area contributed by atoms with Gasteiger partial charge in [-0.25, -0.2) is 9.18 Å². The Balaban J connectivity index is 1.34. The first-order valence-corrected chi connectivity index (χ1v) is 16.3. The van der Waals surface area contributed by atoms with Crippen molar-refractivity contribution in [2.75, 3.05) is 6.54 Å². The fourth-order valence-electron chi connectivity index (χ4n) is 6.20. The first-order valence-electron chi connectivity index (χ1n) is 15.9. The number of nitrogens with one attached hydrogen (secondary N) is 2. The van der Waals surface area contributed by atoms with Crippen LogP contribution in [0.5, 0.6) is 0 Å². The monoisotopic (exact) mass is 634 g/mol. The Kier molecular flexibility index (Phi) is 10.7. The number of hydrogen-bond acceptors (Lipinski definition) is 6. The molecule has 240 valence electrons. The highest BCUT2D eigenvalue weighted by Gasteiger charge is 2.24. The van der Waals surface area contributed by atoms with E-state index in [1.807, 2.05) is 19.1 Å². The van der Waals surface area contributed by atoms with E-state index in [-0.39, 0.29) is 29.7 Å². The molecule has 11 heteroatoms. The summed E-state index contributed by atoms with van der Waals surface area (Å²) in [6.07, 6.45) is 9.30. The third kappa shape index (κ3) is 7.99. The van der Waals surface area contributed by atoms with Crippen molar-refractivity contribution in [2.45, 2.75) is 89.4 Å². The summed E-state index contributed by atoms with van der Waals surface area (Å²) >= 11 is 6.27. The third-order valence-corrected chi connectivity index (χ3v) is 8.93. The second-order valence-corrected chi connectivity index (χ2v) is 12.7. The molecule has 4 aromatic rings. The summed E-state index contributed by atoms with van der Waals surface area (Å²) in [5, 5.41) is 4.54. The van der Waals surface area contributed by atoms with Gasteiger partial charge < -0.3 is 27.5 Å². The Hall–Kier alpha value is -3.57. The van der Waals surface area contributed by atoms with Crippen LogP contribution in [0.25, 0.3) is 28.0 Å². The highest BCUT2D eigenvalue weighted by Crippen LogP contribution is 2.32. The van der Waals surface area contributed by atoms with E-state index in [4.69, 9.17) is 28.8 Å². The number of nitrogens with zero attached hydrogens (tertiary/aromatic N) is 3. The average Bonchev–Trinajstić information content (AvgIpc) is 3.44. The van der Waals surface area contributed by atoms with Crippen molar-refractivity contribution in [1.29, 1.82) is 0 Å². The number of piperidine rings is 1. The molecular weight excluding hydrogens is 591 g/mol. The van der Waals surface area contributed by atoms with Crippen LogP contribution in [-0.4, -0.2) is 45.0 Å². The fourth-order valence-corrected chi connectivity index (χ4v) is 6.44. The molecule has 1 aliphatic rings. The van der Waals surface area contributed by atoms with Crippen LogP contribution < -0.4 is 28.2 Å². The molecule has 3 heterocycles. The van der Waals surface area contributed by atoms with Crippen LogP contribution in [0.15, 0.2) is 58.4 Å². The molecule has 2 aromatic carbocycles. The van der Waals surface area contributed by atoms with Crippen molar-refractivity contribution in [3.8, 4) is 16.9 Å². The number of aliphatic imine (C=N–C) groups is 1. The van der Waals surface area contributed by atoms with E-state index in [1.54, 1.807) is 24.4 Å². The number of fused-ring (bicyclic) bond motifs is 1. The summed E-state index contributed by atoms with van der Waals surface area (Å²) in [5.41, 5.74) is 21.0. The fraction of sp³-hybridized carbons (Fsp3) is 0.441. The minimum Gasteiger partial charge on any atom is -0.386 e. The highest BCUT2D eigenvalue weighted by molar-refractivity contribution is 6.31. The Morgan fingerprint density at radius 1 is 1.22 bits per heavy atom. The van der Waals surface area contributed by atoms with Crippen molar-refractivity contribution in [3.63, 3.8) is 0 Å². The number of aryl methyl sites for hydroxylation is 1. The number of amidine groups is 1. The Bertz CT molecular complexity index is 1700. The lowest BCUT2D eigenvalue weighted by molar-refractivity contribution is 0.297. The van der Waals surface area contributed by atoms with E-state index in [9.17, 15) is 4.79 Å². The Morgan fingerprint density at radius 2 is 2.00 bits per heavy atom. The van der Waals surface area contributed by atoms with E-state index in [0.29, 0.717) is 39.9 Å². The zero-order valence-electron chi connectivity index (χ0n) is 26.0. The maximum atomic E-state index is 15.2. The Morgan fingerprint density at radius 3 is 2.71 bits per heavy atom. The number of H-pyrrole nitrogens is 1. The number of benzene rings is 2. The molecule has 2 aromatic heterocycles. The van der Waals surface area contributed by atoms with Gasteiger partial charge in [-0.15, -0.1) is 0 Å². The summed E-state index contributed by atoms with van der Waals surface area (Å²) in [7, 11) is 0. The van der Waals surface area contributed by atoms with Crippen LogP contribution in [0.2, 0.25) is 5.02 Å². The minimum absolute atomic E-state index is 0.0586. The largest absolute Gasteiger partial charge is 0.386 e. The predicted octanol–water partition coefficient (Wildman–Crippen LogP) is 5.51. The van der Waals surface area contributed by atoms with Crippen LogP contribution in [0.4, 0.5) is 4.39 Å². The lowest BCUT2D eigenvalue weighted by atomic mass is 9.90. The molecule has 8 N–H and O–H groups in total. The molecule has 0 aliphatic carbocycles. The van der Waals surface area contributed by atoms with Crippen LogP contribution in [-0.2, 0) is 6.42 Å². The van der Waals surface area contributed by atoms with Crippen LogP contribution in [0.1, 0.15) is 76.0 Å². The molecule has 0 unspecified atom stereocenters. The summed E-state index contributed by atoms with van der Waals surface area (Å²) < 4.78 is 16.7. The van der Waals surface area contributed by atoms with E-state index < -0.39 is 11.5 Å². The van der Waals surface area contributed by atoms with Crippen molar-refractivity contribution < 1.29 is 4.39 Å². The number of rotatable bonds is 12. The van der Waals surface area contributed by atoms with Gasteiger partial charge in [-0.3, -0.25) is 9.56 Å². The number of halogens is 2. The second-order valence-electron chi connectivity index (χ2n) is 12.3. The molecular formula is C34H44ClFN8O. The van der Waals surface area contributed by atoms with Gasteiger partial charge in [0.2, 0.25) is 0 Å². The van der Waals surface area contributed by atoms with Gasteiger partial charge in [0.25, 0.3) is 0 Å². The molecule has 1 fully saturated rings. The molecule has 0 spiro atoms. The topological polar surface area (TPSA) is 153 Å². The zero-order chi connectivity index (χ0) is 32.1. The first kappa shape index (κ1) is 32.8. The number of hydrogen-bond donors (Lipinski definition) is 5. The van der Waals surface area contributed by atoms with E-state index in [0.717, 1.165) is 56.9 Å². The smallest absolute Gasteiger partial charge is 0.354 e.